The highest BCUT2D eigenvalue weighted by atomic mass is 32.1. The van der Waals surface area contributed by atoms with Crippen molar-refractivity contribution in [1.29, 1.82) is 0 Å². The number of carbonyl (C=O) groups excluding carboxylic acids is 1. The van der Waals surface area contributed by atoms with Gasteiger partial charge in [-0.3, -0.25) is 4.79 Å². The third-order valence-electron chi connectivity index (χ3n) is 3.99. The van der Waals surface area contributed by atoms with E-state index < -0.39 is 0 Å². The Balaban J connectivity index is 1.66. The van der Waals surface area contributed by atoms with Crippen molar-refractivity contribution in [3.8, 4) is 5.75 Å². The second-order valence-electron chi connectivity index (χ2n) is 5.81. The Kier molecular flexibility index (Phi) is 4.81. The summed E-state index contributed by atoms with van der Waals surface area (Å²) in [7, 11) is 1.79. The topological polar surface area (TPSA) is 42.4 Å². The van der Waals surface area contributed by atoms with Crippen molar-refractivity contribution >= 4 is 27.5 Å². The summed E-state index contributed by atoms with van der Waals surface area (Å²) in [5, 5.41) is 0.933. The molecule has 3 aromatic rings. The van der Waals surface area contributed by atoms with Crippen molar-refractivity contribution in [3.05, 3.63) is 59.1 Å². The Morgan fingerprint density at radius 3 is 2.79 bits per heavy atom. The van der Waals surface area contributed by atoms with E-state index in [4.69, 9.17) is 4.74 Å². The van der Waals surface area contributed by atoms with Crippen LogP contribution in [0.4, 0.5) is 0 Å². The molecule has 0 bridgehead atoms. The number of amides is 1. The number of aromatic nitrogens is 1. The fourth-order valence-corrected chi connectivity index (χ4v) is 3.47. The Bertz CT molecular complexity index is 826. The molecule has 2 aromatic carbocycles. The average molecular weight is 340 g/mol. The number of aryl methyl sites for hydroxylation is 1. The molecular formula is C19H20N2O2S. The molecule has 0 fully saturated rings. The van der Waals surface area contributed by atoms with Gasteiger partial charge in [-0.1, -0.05) is 24.3 Å². The van der Waals surface area contributed by atoms with Crippen LogP contribution in [0.3, 0.4) is 0 Å². The summed E-state index contributed by atoms with van der Waals surface area (Å²) in [6.45, 7) is 4.01. The van der Waals surface area contributed by atoms with Crippen LogP contribution in [-0.2, 0) is 4.79 Å². The Morgan fingerprint density at radius 2 is 2.04 bits per heavy atom. The summed E-state index contributed by atoms with van der Waals surface area (Å²) >= 11 is 1.62. The van der Waals surface area contributed by atoms with E-state index >= 15 is 0 Å². The van der Waals surface area contributed by atoms with Crippen LogP contribution in [0.2, 0.25) is 0 Å². The van der Waals surface area contributed by atoms with Crippen molar-refractivity contribution in [2.75, 3.05) is 13.7 Å². The van der Waals surface area contributed by atoms with Crippen LogP contribution < -0.4 is 4.74 Å². The number of nitrogens with zero attached hydrogens (tertiary/aromatic N) is 2. The van der Waals surface area contributed by atoms with Crippen molar-refractivity contribution < 1.29 is 9.53 Å². The van der Waals surface area contributed by atoms with E-state index in [0.29, 0.717) is 5.75 Å². The van der Waals surface area contributed by atoms with E-state index in [1.54, 1.807) is 23.3 Å². The van der Waals surface area contributed by atoms with Crippen LogP contribution in [0, 0.1) is 6.92 Å². The van der Waals surface area contributed by atoms with Crippen molar-refractivity contribution in [2.45, 2.75) is 19.9 Å². The fourth-order valence-electron chi connectivity index (χ4n) is 2.40. The number of fused-ring (bicyclic) bond motifs is 1. The Labute approximate surface area is 145 Å². The molecule has 1 heterocycles. The van der Waals surface area contributed by atoms with Crippen LogP contribution in [-0.4, -0.2) is 29.4 Å². The maximum Gasteiger partial charge on any atom is 0.260 e. The zero-order chi connectivity index (χ0) is 17.1. The zero-order valence-electron chi connectivity index (χ0n) is 14.0. The summed E-state index contributed by atoms with van der Waals surface area (Å²) in [5.41, 5.74) is 2.08. The number of carbonyl (C=O) groups is 1. The molecule has 0 saturated carbocycles. The van der Waals surface area contributed by atoms with E-state index in [1.165, 1.54) is 0 Å². The van der Waals surface area contributed by atoms with Crippen LogP contribution in [0.15, 0.2) is 48.5 Å². The Morgan fingerprint density at radius 1 is 1.25 bits per heavy atom. The van der Waals surface area contributed by atoms with Gasteiger partial charge < -0.3 is 9.64 Å². The van der Waals surface area contributed by atoms with Crippen molar-refractivity contribution in [3.63, 3.8) is 0 Å². The minimum Gasteiger partial charge on any atom is -0.484 e. The van der Waals surface area contributed by atoms with Gasteiger partial charge in [0.05, 0.1) is 16.3 Å². The lowest BCUT2D eigenvalue weighted by atomic mass is 10.2. The molecule has 24 heavy (non-hydrogen) atoms. The van der Waals surface area contributed by atoms with Gasteiger partial charge in [-0.15, -0.1) is 11.3 Å². The molecule has 124 valence electrons. The highest BCUT2D eigenvalue weighted by Gasteiger charge is 2.21. The average Bonchev–Trinajstić information content (AvgIpc) is 3.02. The van der Waals surface area contributed by atoms with Gasteiger partial charge in [0, 0.05) is 7.05 Å². The van der Waals surface area contributed by atoms with E-state index in [9.17, 15) is 4.79 Å². The number of thiazole rings is 1. The molecule has 1 aromatic heterocycles. The van der Waals surface area contributed by atoms with Crippen LogP contribution in [0.5, 0.6) is 5.75 Å². The second-order valence-corrected chi connectivity index (χ2v) is 6.87. The number of para-hydroxylation sites is 1. The first-order chi connectivity index (χ1) is 11.5. The zero-order valence-corrected chi connectivity index (χ0v) is 14.8. The predicted molar refractivity (Wildman–Crippen MR) is 97.5 cm³/mol. The van der Waals surface area contributed by atoms with Crippen molar-refractivity contribution in [2.24, 2.45) is 0 Å². The lowest BCUT2D eigenvalue weighted by Crippen LogP contribution is -2.33. The molecule has 0 saturated heterocycles. The maximum atomic E-state index is 12.4. The lowest BCUT2D eigenvalue weighted by molar-refractivity contribution is -0.134. The molecule has 0 unspecified atom stereocenters. The third-order valence-corrected chi connectivity index (χ3v) is 5.20. The molecule has 4 nitrogen and oxygen atoms in total. The minimum absolute atomic E-state index is 0.0230. The summed E-state index contributed by atoms with van der Waals surface area (Å²) in [5.74, 6) is 0.646. The molecule has 0 N–H and O–H groups in total. The van der Waals surface area contributed by atoms with E-state index in [1.807, 2.05) is 62.4 Å². The van der Waals surface area contributed by atoms with Crippen LogP contribution in [0.25, 0.3) is 10.2 Å². The normalized spacial score (nSPS) is 12.1. The summed E-state index contributed by atoms with van der Waals surface area (Å²) in [4.78, 5) is 18.7. The minimum atomic E-state index is -0.0870. The van der Waals surface area contributed by atoms with Crippen LogP contribution in [0.1, 0.15) is 23.5 Å². The SMILES string of the molecule is Cc1cccc(OCC(=O)N(C)[C@H](C)c2nc3ccccc3s2)c1. The highest BCUT2D eigenvalue weighted by molar-refractivity contribution is 7.18. The van der Waals surface area contributed by atoms with E-state index in [2.05, 4.69) is 4.98 Å². The lowest BCUT2D eigenvalue weighted by Gasteiger charge is -2.23. The van der Waals surface area contributed by atoms with Gasteiger partial charge in [0.1, 0.15) is 10.8 Å². The van der Waals surface area contributed by atoms with Crippen LogP contribution >= 0.6 is 11.3 Å². The maximum absolute atomic E-state index is 12.4. The number of benzene rings is 2. The molecule has 0 aliphatic heterocycles. The largest absolute Gasteiger partial charge is 0.484 e. The monoisotopic (exact) mass is 340 g/mol. The van der Waals surface area contributed by atoms with E-state index in [0.717, 1.165) is 20.8 Å². The molecular weight excluding hydrogens is 320 g/mol. The number of hydrogen-bond acceptors (Lipinski definition) is 4. The molecule has 1 atom stereocenters. The van der Waals surface area contributed by atoms with Gasteiger partial charge in [-0.2, -0.15) is 0 Å². The molecule has 3 rings (SSSR count). The van der Waals surface area contributed by atoms with Gasteiger partial charge in [0.25, 0.3) is 5.91 Å². The summed E-state index contributed by atoms with van der Waals surface area (Å²) in [6, 6.07) is 15.6. The second kappa shape index (κ2) is 7.01. The highest BCUT2D eigenvalue weighted by Crippen LogP contribution is 2.28. The van der Waals surface area contributed by atoms with Gasteiger partial charge in [-0.25, -0.2) is 4.98 Å². The first-order valence-electron chi connectivity index (χ1n) is 7.85. The van der Waals surface area contributed by atoms with Gasteiger partial charge in [-0.05, 0) is 43.7 Å². The first kappa shape index (κ1) is 16.5. The number of likely N-dealkylation sites (N-methyl/N-ethyl adjacent to an activating group) is 1. The van der Waals surface area contributed by atoms with Crippen molar-refractivity contribution in [1.82, 2.24) is 9.88 Å². The fraction of sp³-hybridized carbons (Fsp3) is 0.263. The summed E-state index contributed by atoms with van der Waals surface area (Å²) in [6.07, 6.45) is 0. The number of hydrogen-bond donors (Lipinski definition) is 0. The number of rotatable bonds is 5. The predicted octanol–water partition coefficient (Wildman–Crippen LogP) is 4.20. The third kappa shape index (κ3) is 3.57. The molecule has 0 aliphatic carbocycles. The molecule has 1 amide bonds. The van der Waals surface area contributed by atoms with Gasteiger partial charge in [0.15, 0.2) is 6.61 Å². The van der Waals surface area contributed by atoms with Gasteiger partial charge in [0.2, 0.25) is 0 Å². The van der Waals surface area contributed by atoms with Gasteiger partial charge >= 0.3 is 0 Å². The first-order valence-corrected chi connectivity index (χ1v) is 8.67. The smallest absolute Gasteiger partial charge is 0.260 e. The number of ether oxygens (including phenoxy) is 1. The Hall–Kier alpha value is -2.40. The molecule has 0 aliphatic rings. The molecule has 0 radical (unpaired) electrons. The summed E-state index contributed by atoms with van der Waals surface area (Å²) < 4.78 is 6.74. The quantitative estimate of drug-likeness (QED) is 0.699. The molecule has 0 spiro atoms. The van der Waals surface area contributed by atoms with E-state index in [-0.39, 0.29) is 18.6 Å². The standard InChI is InChI=1S/C19H20N2O2S/c1-13-7-6-8-15(11-13)23-12-18(22)21(3)14(2)19-20-16-9-4-5-10-17(16)24-19/h4-11,14H,12H2,1-3H3/t14-/m1/s1. The molecule has 5 heteroatoms.